The van der Waals surface area contributed by atoms with Gasteiger partial charge in [-0.3, -0.25) is 4.79 Å². The number of piperidine rings is 1. The molecule has 1 fully saturated rings. The Morgan fingerprint density at radius 3 is 3.00 bits per heavy atom. The fourth-order valence-corrected chi connectivity index (χ4v) is 2.96. The monoisotopic (exact) mass is 294 g/mol. The highest BCUT2D eigenvalue weighted by atomic mass is 35.5. The SMILES string of the molecule is CN1CCCC(N(C)CCC(=O)c2cccc(Cl)c2)C1. The van der Waals surface area contributed by atoms with Gasteiger partial charge in [-0.05, 0) is 45.6 Å². The molecule has 2 rings (SSSR count). The van der Waals surface area contributed by atoms with Gasteiger partial charge in [0, 0.05) is 36.1 Å². The Balaban J connectivity index is 1.83. The van der Waals surface area contributed by atoms with Gasteiger partial charge in [-0.2, -0.15) is 0 Å². The molecule has 1 unspecified atom stereocenters. The Morgan fingerprint density at radius 1 is 1.50 bits per heavy atom. The molecule has 0 amide bonds. The van der Waals surface area contributed by atoms with Crippen molar-refractivity contribution >= 4 is 17.4 Å². The van der Waals surface area contributed by atoms with Gasteiger partial charge < -0.3 is 9.80 Å². The molecule has 0 spiro atoms. The summed E-state index contributed by atoms with van der Waals surface area (Å²) in [5, 5.41) is 0.623. The second-order valence-corrected chi connectivity index (χ2v) is 6.16. The summed E-state index contributed by atoms with van der Waals surface area (Å²) in [4.78, 5) is 16.8. The van der Waals surface area contributed by atoms with Crippen LogP contribution in [0, 0.1) is 0 Å². The number of carbonyl (C=O) groups is 1. The summed E-state index contributed by atoms with van der Waals surface area (Å²) < 4.78 is 0. The fraction of sp³-hybridized carbons (Fsp3) is 0.562. The molecule has 1 aromatic rings. The Labute approximate surface area is 126 Å². The van der Waals surface area contributed by atoms with E-state index in [2.05, 4.69) is 23.9 Å². The van der Waals surface area contributed by atoms with Crippen LogP contribution >= 0.6 is 11.6 Å². The van der Waals surface area contributed by atoms with Crippen molar-refractivity contribution in [2.75, 3.05) is 33.7 Å². The summed E-state index contributed by atoms with van der Waals surface area (Å²) in [5.74, 6) is 0.170. The smallest absolute Gasteiger partial charge is 0.164 e. The van der Waals surface area contributed by atoms with E-state index >= 15 is 0 Å². The average Bonchev–Trinajstić information content (AvgIpc) is 2.44. The van der Waals surface area contributed by atoms with E-state index in [1.165, 1.54) is 19.4 Å². The molecule has 0 aliphatic carbocycles. The van der Waals surface area contributed by atoms with E-state index in [-0.39, 0.29) is 5.78 Å². The van der Waals surface area contributed by atoms with Crippen molar-refractivity contribution in [1.29, 1.82) is 0 Å². The van der Waals surface area contributed by atoms with E-state index < -0.39 is 0 Å². The van der Waals surface area contributed by atoms with Crippen LogP contribution in [0.25, 0.3) is 0 Å². The molecule has 1 aromatic carbocycles. The quantitative estimate of drug-likeness (QED) is 0.780. The normalized spacial score (nSPS) is 20.3. The van der Waals surface area contributed by atoms with Crippen molar-refractivity contribution in [1.82, 2.24) is 9.80 Å². The predicted molar refractivity (Wildman–Crippen MR) is 83.5 cm³/mol. The molecule has 1 aliphatic rings. The van der Waals surface area contributed by atoms with E-state index in [0.717, 1.165) is 13.1 Å². The standard InChI is InChI=1S/C16H23ClN2O/c1-18-9-4-7-15(12-18)19(2)10-8-16(20)13-5-3-6-14(17)11-13/h3,5-6,11,15H,4,7-10,12H2,1-2H3. The molecule has 0 N–H and O–H groups in total. The molecule has 4 heteroatoms. The van der Waals surface area contributed by atoms with Gasteiger partial charge in [-0.15, -0.1) is 0 Å². The summed E-state index contributed by atoms with van der Waals surface area (Å²) in [7, 11) is 4.28. The molecular weight excluding hydrogens is 272 g/mol. The van der Waals surface area contributed by atoms with Crippen LogP contribution in [0.1, 0.15) is 29.6 Å². The third kappa shape index (κ3) is 4.30. The number of nitrogens with zero attached hydrogens (tertiary/aromatic N) is 2. The van der Waals surface area contributed by atoms with Crippen LogP contribution in [0.5, 0.6) is 0 Å². The first-order chi connectivity index (χ1) is 9.56. The van der Waals surface area contributed by atoms with E-state index in [1.807, 2.05) is 12.1 Å². The number of carbonyl (C=O) groups excluding carboxylic acids is 1. The summed E-state index contributed by atoms with van der Waals surface area (Å²) >= 11 is 5.92. The van der Waals surface area contributed by atoms with Gasteiger partial charge in [0.2, 0.25) is 0 Å². The van der Waals surface area contributed by atoms with Crippen molar-refractivity contribution in [2.45, 2.75) is 25.3 Å². The zero-order valence-electron chi connectivity index (χ0n) is 12.3. The minimum absolute atomic E-state index is 0.170. The number of benzene rings is 1. The number of rotatable bonds is 5. The molecule has 1 saturated heterocycles. The largest absolute Gasteiger partial charge is 0.305 e. The molecule has 1 atom stereocenters. The van der Waals surface area contributed by atoms with Gasteiger partial charge >= 0.3 is 0 Å². The van der Waals surface area contributed by atoms with E-state index in [0.29, 0.717) is 23.0 Å². The lowest BCUT2D eigenvalue weighted by Crippen LogP contribution is -2.45. The number of likely N-dealkylation sites (N-methyl/N-ethyl adjacent to an activating group) is 2. The Hall–Kier alpha value is -0.900. The molecular formula is C16H23ClN2O. The summed E-state index contributed by atoms with van der Waals surface area (Å²) in [5.41, 5.74) is 0.715. The van der Waals surface area contributed by atoms with Crippen molar-refractivity contribution in [3.05, 3.63) is 34.9 Å². The lowest BCUT2D eigenvalue weighted by Gasteiger charge is -2.35. The van der Waals surface area contributed by atoms with E-state index in [1.54, 1.807) is 12.1 Å². The van der Waals surface area contributed by atoms with Crippen LogP contribution in [0.3, 0.4) is 0 Å². The maximum absolute atomic E-state index is 12.2. The fourth-order valence-electron chi connectivity index (χ4n) is 2.77. The summed E-state index contributed by atoms with van der Waals surface area (Å²) in [6.07, 6.45) is 3.02. The van der Waals surface area contributed by atoms with Crippen LogP contribution in [-0.2, 0) is 0 Å². The predicted octanol–water partition coefficient (Wildman–Crippen LogP) is 2.94. The number of hydrogen-bond acceptors (Lipinski definition) is 3. The van der Waals surface area contributed by atoms with Gasteiger partial charge in [0.05, 0.1) is 0 Å². The molecule has 3 nitrogen and oxygen atoms in total. The number of Topliss-reactive ketones (excluding diaryl/α,β-unsaturated/α-hetero) is 1. The maximum Gasteiger partial charge on any atom is 0.164 e. The Bertz CT molecular complexity index is 464. The molecule has 1 heterocycles. The van der Waals surface area contributed by atoms with Gasteiger partial charge in [0.15, 0.2) is 5.78 Å². The lowest BCUT2D eigenvalue weighted by atomic mass is 10.0. The van der Waals surface area contributed by atoms with Crippen LogP contribution in [-0.4, -0.2) is 55.4 Å². The van der Waals surface area contributed by atoms with Gasteiger partial charge in [-0.1, -0.05) is 23.7 Å². The van der Waals surface area contributed by atoms with Crippen LogP contribution in [0.2, 0.25) is 5.02 Å². The molecule has 0 radical (unpaired) electrons. The van der Waals surface area contributed by atoms with Crippen molar-refractivity contribution in [3.63, 3.8) is 0 Å². The first-order valence-corrected chi connectivity index (χ1v) is 7.61. The molecule has 0 saturated carbocycles. The zero-order valence-corrected chi connectivity index (χ0v) is 13.1. The first-order valence-electron chi connectivity index (χ1n) is 7.24. The van der Waals surface area contributed by atoms with Crippen molar-refractivity contribution in [2.24, 2.45) is 0 Å². The average molecular weight is 295 g/mol. The topological polar surface area (TPSA) is 23.6 Å². The third-order valence-corrected chi connectivity index (χ3v) is 4.30. The van der Waals surface area contributed by atoms with Crippen LogP contribution in [0.4, 0.5) is 0 Å². The number of likely N-dealkylation sites (tertiary alicyclic amines) is 1. The van der Waals surface area contributed by atoms with Gasteiger partial charge in [0.1, 0.15) is 0 Å². The summed E-state index contributed by atoms with van der Waals surface area (Å²) in [6.45, 7) is 3.09. The van der Waals surface area contributed by atoms with Crippen molar-refractivity contribution < 1.29 is 4.79 Å². The Kier molecular flexibility index (Phi) is 5.58. The highest BCUT2D eigenvalue weighted by Gasteiger charge is 2.21. The first kappa shape index (κ1) is 15.5. The van der Waals surface area contributed by atoms with Crippen LogP contribution < -0.4 is 0 Å². The third-order valence-electron chi connectivity index (χ3n) is 4.06. The van der Waals surface area contributed by atoms with Gasteiger partial charge in [0.25, 0.3) is 0 Å². The molecule has 0 bridgehead atoms. The molecule has 1 aliphatic heterocycles. The maximum atomic E-state index is 12.2. The number of hydrogen-bond donors (Lipinski definition) is 0. The minimum atomic E-state index is 0.170. The molecule has 20 heavy (non-hydrogen) atoms. The van der Waals surface area contributed by atoms with Gasteiger partial charge in [-0.25, -0.2) is 0 Å². The molecule has 110 valence electrons. The van der Waals surface area contributed by atoms with E-state index in [4.69, 9.17) is 11.6 Å². The zero-order chi connectivity index (χ0) is 14.5. The van der Waals surface area contributed by atoms with Crippen molar-refractivity contribution in [3.8, 4) is 0 Å². The highest BCUT2D eigenvalue weighted by Crippen LogP contribution is 2.15. The second-order valence-electron chi connectivity index (χ2n) is 5.72. The number of ketones is 1. The minimum Gasteiger partial charge on any atom is -0.305 e. The second kappa shape index (κ2) is 7.21. The lowest BCUT2D eigenvalue weighted by molar-refractivity contribution is 0.0931. The highest BCUT2D eigenvalue weighted by molar-refractivity contribution is 6.31. The molecule has 0 aromatic heterocycles. The summed E-state index contributed by atoms with van der Waals surface area (Å²) in [6, 6.07) is 7.78. The van der Waals surface area contributed by atoms with E-state index in [9.17, 15) is 4.79 Å². The van der Waals surface area contributed by atoms with Crippen LogP contribution in [0.15, 0.2) is 24.3 Å². The number of halogens is 1. The Morgan fingerprint density at radius 2 is 2.30 bits per heavy atom.